The van der Waals surface area contributed by atoms with Crippen LogP contribution in [-0.4, -0.2) is 63.0 Å². The number of pyridine rings is 1. The number of aromatic nitrogens is 1. The van der Waals surface area contributed by atoms with Gasteiger partial charge in [0.25, 0.3) is 0 Å². The minimum absolute atomic E-state index is 0. The Morgan fingerprint density at radius 3 is 2.45 bits per heavy atom. The molecule has 1 aliphatic heterocycles. The van der Waals surface area contributed by atoms with Gasteiger partial charge in [0.15, 0.2) is 5.96 Å². The standard InChI is InChI=1S/C16H24F3N5O3S.HI/c1-20-15(23-11-13-3-4-14(27-2)21-10-13)22-9-12-5-7-24(8-6-12)28(25,26)16(17,18)19;/h3-4,10,12H,5-9,11H2,1-2H3,(H2,20,22,23);1H. The fourth-order valence-corrected chi connectivity index (χ4v) is 3.77. The van der Waals surface area contributed by atoms with Gasteiger partial charge in [-0.15, -0.1) is 24.0 Å². The number of ether oxygens (including phenoxy) is 1. The van der Waals surface area contributed by atoms with Gasteiger partial charge >= 0.3 is 15.5 Å². The van der Waals surface area contributed by atoms with E-state index in [4.69, 9.17) is 4.74 Å². The summed E-state index contributed by atoms with van der Waals surface area (Å²) in [5.74, 6) is 1.12. The van der Waals surface area contributed by atoms with Crippen LogP contribution in [0.4, 0.5) is 13.2 Å². The highest BCUT2D eigenvalue weighted by Crippen LogP contribution is 2.30. The van der Waals surface area contributed by atoms with Crippen molar-refractivity contribution in [3.05, 3.63) is 23.9 Å². The number of nitrogens with zero attached hydrogens (tertiary/aromatic N) is 3. The summed E-state index contributed by atoms with van der Waals surface area (Å²) in [6.07, 6.45) is 2.37. The second kappa shape index (κ2) is 11.2. The monoisotopic (exact) mass is 551 g/mol. The zero-order chi connectivity index (χ0) is 20.8. The summed E-state index contributed by atoms with van der Waals surface area (Å²) in [5, 5.41) is 6.24. The number of sulfonamides is 1. The van der Waals surface area contributed by atoms with E-state index in [-0.39, 0.29) is 43.0 Å². The number of aliphatic imine (C=N–C) groups is 1. The van der Waals surface area contributed by atoms with Crippen LogP contribution >= 0.6 is 24.0 Å². The average Bonchev–Trinajstić information content (AvgIpc) is 2.68. The molecule has 1 aromatic heterocycles. The Bertz CT molecular complexity index is 767. The third-order valence-corrected chi connectivity index (χ3v) is 6.08. The van der Waals surface area contributed by atoms with Gasteiger partial charge in [-0.1, -0.05) is 6.07 Å². The van der Waals surface area contributed by atoms with Gasteiger partial charge in [0.2, 0.25) is 5.88 Å². The van der Waals surface area contributed by atoms with E-state index in [1.807, 2.05) is 6.07 Å². The minimum atomic E-state index is -5.25. The van der Waals surface area contributed by atoms with Crippen LogP contribution in [0.5, 0.6) is 5.88 Å². The fourth-order valence-electron chi connectivity index (χ4n) is 2.78. The number of hydrogen-bond acceptors (Lipinski definition) is 5. The van der Waals surface area contributed by atoms with E-state index in [0.717, 1.165) is 5.56 Å². The van der Waals surface area contributed by atoms with Crippen molar-refractivity contribution in [2.45, 2.75) is 24.9 Å². The molecule has 166 valence electrons. The molecule has 0 aliphatic carbocycles. The molecular weight excluding hydrogens is 526 g/mol. The molecule has 1 fully saturated rings. The Morgan fingerprint density at radius 2 is 1.97 bits per heavy atom. The Morgan fingerprint density at radius 1 is 1.31 bits per heavy atom. The van der Waals surface area contributed by atoms with Gasteiger partial charge in [0.1, 0.15) is 0 Å². The van der Waals surface area contributed by atoms with Crippen molar-refractivity contribution in [1.82, 2.24) is 19.9 Å². The van der Waals surface area contributed by atoms with Crippen LogP contribution in [0, 0.1) is 5.92 Å². The average molecular weight is 551 g/mol. The lowest BCUT2D eigenvalue weighted by Crippen LogP contribution is -2.47. The predicted molar refractivity (Wildman–Crippen MR) is 114 cm³/mol. The lowest BCUT2D eigenvalue weighted by molar-refractivity contribution is -0.0496. The van der Waals surface area contributed by atoms with Gasteiger partial charge in [-0.3, -0.25) is 4.99 Å². The largest absolute Gasteiger partial charge is 0.511 e. The van der Waals surface area contributed by atoms with E-state index in [9.17, 15) is 21.6 Å². The third kappa shape index (κ3) is 7.13. The van der Waals surface area contributed by atoms with Gasteiger partial charge in [-0.25, -0.2) is 13.4 Å². The first-order chi connectivity index (χ1) is 13.2. The maximum Gasteiger partial charge on any atom is 0.511 e. The van der Waals surface area contributed by atoms with Crippen LogP contribution < -0.4 is 15.4 Å². The molecule has 1 aromatic rings. The smallest absolute Gasteiger partial charge is 0.481 e. The Labute approximate surface area is 185 Å². The SMILES string of the molecule is CN=C(NCc1ccc(OC)nc1)NCC1CCN(S(=O)(=O)C(F)(F)F)CC1.I. The predicted octanol–water partition coefficient (Wildman–Crippen LogP) is 1.93. The first-order valence-corrected chi connectivity index (χ1v) is 10.1. The van der Waals surface area contributed by atoms with E-state index in [0.29, 0.717) is 42.1 Å². The number of halogens is 4. The van der Waals surface area contributed by atoms with Crippen LogP contribution in [0.1, 0.15) is 18.4 Å². The molecule has 0 atom stereocenters. The molecule has 0 unspecified atom stereocenters. The summed E-state index contributed by atoms with van der Waals surface area (Å²) < 4.78 is 66.2. The molecule has 2 N–H and O–H groups in total. The molecule has 13 heteroatoms. The van der Waals surface area contributed by atoms with E-state index >= 15 is 0 Å². The second-order valence-corrected chi connectivity index (χ2v) is 8.24. The summed E-state index contributed by atoms with van der Waals surface area (Å²) in [7, 11) is -2.09. The highest BCUT2D eigenvalue weighted by molar-refractivity contribution is 14.0. The van der Waals surface area contributed by atoms with E-state index in [1.54, 1.807) is 19.3 Å². The second-order valence-electron chi connectivity index (χ2n) is 6.31. The maximum absolute atomic E-state index is 12.6. The molecule has 1 aliphatic rings. The molecule has 0 aromatic carbocycles. The normalized spacial score (nSPS) is 16.8. The van der Waals surface area contributed by atoms with Crippen LogP contribution in [0.3, 0.4) is 0 Å². The first kappa shape index (κ1) is 25.7. The third-order valence-electron chi connectivity index (χ3n) is 4.45. The topological polar surface area (TPSA) is 95.9 Å². The Hall–Kier alpha value is -1.35. The van der Waals surface area contributed by atoms with Crippen LogP contribution in [-0.2, 0) is 16.6 Å². The van der Waals surface area contributed by atoms with Crippen molar-refractivity contribution >= 4 is 40.0 Å². The summed E-state index contributed by atoms with van der Waals surface area (Å²) in [5.41, 5.74) is -4.32. The quantitative estimate of drug-likeness (QED) is 0.319. The molecule has 29 heavy (non-hydrogen) atoms. The minimum Gasteiger partial charge on any atom is -0.481 e. The van der Waals surface area contributed by atoms with Crippen molar-refractivity contribution in [2.75, 3.05) is 33.8 Å². The van der Waals surface area contributed by atoms with E-state index in [2.05, 4.69) is 20.6 Å². The Kier molecular flexibility index (Phi) is 9.88. The van der Waals surface area contributed by atoms with E-state index < -0.39 is 15.5 Å². The molecule has 8 nitrogen and oxygen atoms in total. The van der Waals surface area contributed by atoms with Crippen LogP contribution in [0.25, 0.3) is 0 Å². The van der Waals surface area contributed by atoms with Crippen molar-refractivity contribution in [3.63, 3.8) is 0 Å². The van der Waals surface area contributed by atoms with Gasteiger partial charge in [-0.05, 0) is 24.3 Å². The summed E-state index contributed by atoms with van der Waals surface area (Å²) in [6.45, 7) is 0.689. The molecule has 1 saturated heterocycles. The molecule has 0 amide bonds. The Balaban J connectivity index is 0.00000420. The van der Waals surface area contributed by atoms with Crippen molar-refractivity contribution in [2.24, 2.45) is 10.9 Å². The number of methoxy groups -OCH3 is 1. The number of piperidine rings is 1. The van der Waals surface area contributed by atoms with Crippen molar-refractivity contribution < 1.29 is 26.3 Å². The van der Waals surface area contributed by atoms with Gasteiger partial charge in [0.05, 0.1) is 7.11 Å². The first-order valence-electron chi connectivity index (χ1n) is 8.67. The highest BCUT2D eigenvalue weighted by atomic mass is 127. The summed E-state index contributed by atoms with van der Waals surface area (Å²) in [4.78, 5) is 8.21. The number of nitrogens with one attached hydrogen (secondary N) is 2. The van der Waals surface area contributed by atoms with Crippen molar-refractivity contribution in [1.29, 1.82) is 0 Å². The fraction of sp³-hybridized carbons (Fsp3) is 0.625. The van der Waals surface area contributed by atoms with Gasteiger partial charge in [0, 0.05) is 45.5 Å². The lowest BCUT2D eigenvalue weighted by atomic mass is 9.98. The van der Waals surface area contributed by atoms with Gasteiger partial charge in [-0.2, -0.15) is 17.5 Å². The summed E-state index contributed by atoms with van der Waals surface area (Å²) >= 11 is 0. The molecule has 0 spiro atoms. The van der Waals surface area contributed by atoms with E-state index in [1.165, 1.54) is 7.11 Å². The summed E-state index contributed by atoms with van der Waals surface area (Å²) in [6, 6.07) is 3.61. The molecule has 2 heterocycles. The number of guanidine groups is 1. The number of hydrogen-bond donors (Lipinski definition) is 2. The lowest BCUT2D eigenvalue weighted by Gasteiger charge is -2.31. The van der Waals surface area contributed by atoms with Gasteiger partial charge < -0.3 is 15.4 Å². The molecular formula is C16H25F3IN5O3S. The maximum atomic E-state index is 12.6. The van der Waals surface area contributed by atoms with Crippen LogP contribution in [0.2, 0.25) is 0 Å². The molecule has 0 saturated carbocycles. The molecule has 0 radical (unpaired) electrons. The van der Waals surface area contributed by atoms with Crippen molar-refractivity contribution in [3.8, 4) is 5.88 Å². The highest BCUT2D eigenvalue weighted by Gasteiger charge is 2.50. The number of alkyl halides is 3. The zero-order valence-electron chi connectivity index (χ0n) is 16.1. The molecule has 2 rings (SSSR count). The van der Waals surface area contributed by atoms with Crippen LogP contribution in [0.15, 0.2) is 23.3 Å². The zero-order valence-corrected chi connectivity index (χ0v) is 19.2. The molecule has 0 bridgehead atoms. The number of rotatable bonds is 6.